The number of benzene rings is 2. The number of hydrogen-bond donors (Lipinski definition) is 2. The number of ketones is 1. The van der Waals surface area contributed by atoms with Crippen LogP contribution in [0.3, 0.4) is 0 Å². The first-order valence-corrected chi connectivity index (χ1v) is 11.2. The average Bonchev–Trinajstić information content (AvgIpc) is 3.05. The van der Waals surface area contributed by atoms with E-state index < -0.39 is 17.7 Å². The Morgan fingerprint density at radius 3 is 2.42 bits per heavy atom. The second kappa shape index (κ2) is 11.0. The molecule has 1 aliphatic heterocycles. The maximum Gasteiger partial charge on any atom is 0.295 e. The fourth-order valence-electron chi connectivity index (χ4n) is 3.93. The van der Waals surface area contributed by atoms with Gasteiger partial charge in [-0.3, -0.25) is 9.59 Å². The summed E-state index contributed by atoms with van der Waals surface area (Å²) >= 11 is 0. The van der Waals surface area contributed by atoms with Gasteiger partial charge in [-0.25, -0.2) is 0 Å². The third-order valence-corrected chi connectivity index (χ3v) is 5.70. The van der Waals surface area contributed by atoms with Gasteiger partial charge in [0, 0.05) is 25.8 Å². The Labute approximate surface area is 194 Å². The molecule has 1 heterocycles. The van der Waals surface area contributed by atoms with Crippen molar-refractivity contribution >= 4 is 17.4 Å². The molecule has 3 rings (SSSR count). The Balaban J connectivity index is 2.03. The van der Waals surface area contributed by atoms with E-state index in [2.05, 4.69) is 6.92 Å². The molecule has 0 saturated carbocycles. The molecule has 176 valence electrons. The van der Waals surface area contributed by atoms with E-state index in [9.17, 15) is 19.8 Å². The van der Waals surface area contributed by atoms with Gasteiger partial charge >= 0.3 is 0 Å². The van der Waals surface area contributed by atoms with Crippen molar-refractivity contribution in [3.05, 3.63) is 64.7 Å². The number of likely N-dealkylation sites (tertiary alicyclic amines) is 1. The van der Waals surface area contributed by atoms with Crippen LogP contribution >= 0.6 is 0 Å². The highest BCUT2D eigenvalue weighted by molar-refractivity contribution is 6.46. The minimum absolute atomic E-state index is 0.0298. The molecule has 0 aliphatic carbocycles. The molecule has 0 bridgehead atoms. The van der Waals surface area contributed by atoms with Crippen LogP contribution in [-0.2, 0) is 14.3 Å². The van der Waals surface area contributed by atoms with Gasteiger partial charge in [-0.05, 0) is 61.2 Å². The lowest BCUT2D eigenvalue weighted by molar-refractivity contribution is -0.140. The largest absolute Gasteiger partial charge is 0.508 e. The number of hydrogen-bond acceptors (Lipinski definition) is 6. The maximum atomic E-state index is 13.0. The molecule has 1 saturated heterocycles. The Morgan fingerprint density at radius 2 is 1.79 bits per heavy atom. The number of aromatic hydroxyl groups is 1. The summed E-state index contributed by atoms with van der Waals surface area (Å²) in [6.45, 7) is 5.30. The second-order valence-corrected chi connectivity index (χ2v) is 8.11. The summed E-state index contributed by atoms with van der Waals surface area (Å²) in [6.07, 6.45) is 2.51. The number of methoxy groups -OCH3 is 1. The molecule has 1 fully saturated rings. The van der Waals surface area contributed by atoms with Crippen LogP contribution < -0.4 is 4.74 Å². The van der Waals surface area contributed by atoms with E-state index >= 15 is 0 Å². The number of Topliss-reactive ketones (excluding diaryl/α,β-unsaturated/α-hetero) is 1. The zero-order chi connectivity index (χ0) is 24.0. The number of carbonyl (C=O) groups is 2. The van der Waals surface area contributed by atoms with E-state index in [0.29, 0.717) is 37.3 Å². The van der Waals surface area contributed by atoms with Gasteiger partial charge in [0.1, 0.15) is 17.3 Å². The fourth-order valence-corrected chi connectivity index (χ4v) is 3.93. The highest BCUT2D eigenvalue weighted by Crippen LogP contribution is 2.40. The molecule has 1 aliphatic rings. The van der Waals surface area contributed by atoms with Crippen molar-refractivity contribution < 1.29 is 29.3 Å². The van der Waals surface area contributed by atoms with Gasteiger partial charge in [0.15, 0.2) is 0 Å². The van der Waals surface area contributed by atoms with Crippen molar-refractivity contribution in [2.75, 3.05) is 26.9 Å². The van der Waals surface area contributed by atoms with Gasteiger partial charge in [-0.1, -0.05) is 25.5 Å². The third kappa shape index (κ3) is 5.37. The highest BCUT2D eigenvalue weighted by atomic mass is 16.5. The molecular formula is C26H31NO6. The number of amides is 1. The lowest BCUT2D eigenvalue weighted by Crippen LogP contribution is -2.31. The van der Waals surface area contributed by atoms with Gasteiger partial charge < -0.3 is 24.6 Å². The predicted molar refractivity (Wildman–Crippen MR) is 125 cm³/mol. The van der Waals surface area contributed by atoms with Crippen LogP contribution in [0.25, 0.3) is 5.76 Å². The van der Waals surface area contributed by atoms with Crippen LogP contribution in [-0.4, -0.2) is 53.7 Å². The fraction of sp³-hybridized carbons (Fsp3) is 0.385. The Kier molecular flexibility index (Phi) is 8.11. The van der Waals surface area contributed by atoms with Gasteiger partial charge in [0.25, 0.3) is 11.7 Å². The molecule has 1 amide bonds. The lowest BCUT2D eigenvalue weighted by Gasteiger charge is -2.25. The third-order valence-electron chi connectivity index (χ3n) is 5.70. The van der Waals surface area contributed by atoms with E-state index in [4.69, 9.17) is 9.47 Å². The number of unbranched alkanes of at least 4 members (excludes halogenated alkanes) is 1. The highest BCUT2D eigenvalue weighted by Gasteiger charge is 2.45. The maximum absolute atomic E-state index is 13.0. The van der Waals surface area contributed by atoms with Crippen molar-refractivity contribution in [2.45, 2.75) is 39.2 Å². The molecule has 0 spiro atoms. The summed E-state index contributed by atoms with van der Waals surface area (Å²) in [5.41, 5.74) is 1.92. The molecule has 2 aromatic carbocycles. The topological polar surface area (TPSA) is 96.3 Å². The molecule has 33 heavy (non-hydrogen) atoms. The SMILES string of the molecule is CCCCOc1ccc(C(O)=C2C(=O)C(=O)N(CCCOC)[C@H]2c2ccc(O)cc2)cc1C. The first-order chi connectivity index (χ1) is 15.9. The minimum atomic E-state index is -0.761. The zero-order valence-corrected chi connectivity index (χ0v) is 19.3. The average molecular weight is 454 g/mol. The molecule has 1 atom stereocenters. The molecule has 2 N–H and O–H groups in total. The van der Waals surface area contributed by atoms with E-state index in [1.165, 1.54) is 17.0 Å². The van der Waals surface area contributed by atoms with Crippen LogP contribution in [0.15, 0.2) is 48.0 Å². The van der Waals surface area contributed by atoms with Gasteiger partial charge in [-0.15, -0.1) is 0 Å². The van der Waals surface area contributed by atoms with Crippen molar-refractivity contribution in [2.24, 2.45) is 0 Å². The molecule has 0 radical (unpaired) electrons. The zero-order valence-electron chi connectivity index (χ0n) is 19.3. The monoisotopic (exact) mass is 453 g/mol. The molecule has 7 nitrogen and oxygen atoms in total. The van der Waals surface area contributed by atoms with E-state index in [1.807, 2.05) is 6.92 Å². The minimum Gasteiger partial charge on any atom is -0.508 e. The normalized spacial score (nSPS) is 17.5. The van der Waals surface area contributed by atoms with Gasteiger partial charge in [-0.2, -0.15) is 0 Å². The summed E-state index contributed by atoms with van der Waals surface area (Å²) < 4.78 is 10.9. The van der Waals surface area contributed by atoms with Crippen molar-refractivity contribution in [3.63, 3.8) is 0 Å². The number of phenols is 1. The lowest BCUT2D eigenvalue weighted by atomic mass is 9.94. The van der Waals surface area contributed by atoms with Crippen molar-refractivity contribution in [1.29, 1.82) is 0 Å². The molecule has 0 aromatic heterocycles. The molecule has 7 heteroatoms. The van der Waals surface area contributed by atoms with Crippen LogP contribution in [0.2, 0.25) is 0 Å². The predicted octanol–water partition coefficient (Wildman–Crippen LogP) is 4.34. The number of carbonyl (C=O) groups excluding carboxylic acids is 2. The van der Waals surface area contributed by atoms with Crippen molar-refractivity contribution in [3.8, 4) is 11.5 Å². The summed E-state index contributed by atoms with van der Waals surface area (Å²) in [7, 11) is 1.57. The Morgan fingerprint density at radius 1 is 1.06 bits per heavy atom. The van der Waals surface area contributed by atoms with E-state index in [1.54, 1.807) is 37.4 Å². The number of ether oxygens (including phenoxy) is 2. The smallest absolute Gasteiger partial charge is 0.295 e. The van der Waals surface area contributed by atoms with E-state index in [-0.39, 0.29) is 17.1 Å². The Hall–Kier alpha value is -3.32. The number of aryl methyl sites for hydroxylation is 1. The van der Waals surface area contributed by atoms with E-state index in [0.717, 1.165) is 24.2 Å². The standard InChI is InChI=1S/C26H31NO6/c1-4-5-15-33-21-12-9-19(16-17(21)2)24(29)22-23(18-7-10-20(28)11-8-18)27(13-6-14-32-3)26(31)25(22)30/h7-12,16,23,28-29H,4-6,13-15H2,1-3H3/t23-/m0/s1. The summed E-state index contributed by atoms with van der Waals surface area (Å²) in [4.78, 5) is 27.4. The summed E-state index contributed by atoms with van der Waals surface area (Å²) in [5.74, 6) is -0.839. The number of rotatable bonds is 10. The number of aliphatic hydroxyl groups is 1. The first-order valence-electron chi connectivity index (χ1n) is 11.2. The number of phenolic OH excluding ortho intramolecular Hbond substituents is 1. The van der Waals surface area contributed by atoms with Gasteiger partial charge in [0.05, 0.1) is 18.2 Å². The Bertz CT molecular complexity index is 1030. The summed E-state index contributed by atoms with van der Waals surface area (Å²) in [6, 6.07) is 10.7. The molecular weight excluding hydrogens is 422 g/mol. The number of aliphatic hydroxyl groups excluding tert-OH is 1. The van der Waals surface area contributed by atoms with Crippen LogP contribution in [0.5, 0.6) is 11.5 Å². The van der Waals surface area contributed by atoms with Gasteiger partial charge in [0.2, 0.25) is 0 Å². The van der Waals surface area contributed by atoms with Crippen LogP contribution in [0.4, 0.5) is 0 Å². The number of nitrogens with zero attached hydrogens (tertiary/aromatic N) is 1. The second-order valence-electron chi connectivity index (χ2n) is 8.11. The molecule has 0 unspecified atom stereocenters. The first kappa shape index (κ1) is 24.3. The quantitative estimate of drug-likeness (QED) is 0.240. The summed E-state index contributed by atoms with van der Waals surface area (Å²) in [5, 5.41) is 20.9. The van der Waals surface area contributed by atoms with Crippen LogP contribution in [0, 0.1) is 6.92 Å². The molecule has 2 aromatic rings. The van der Waals surface area contributed by atoms with Crippen molar-refractivity contribution in [1.82, 2.24) is 4.90 Å². The van der Waals surface area contributed by atoms with Crippen LogP contribution in [0.1, 0.15) is 48.9 Å².